The average Bonchev–Trinajstić information content (AvgIpc) is 2.51. The van der Waals surface area contributed by atoms with Crippen LogP contribution in [0, 0.1) is 0 Å². The van der Waals surface area contributed by atoms with Gasteiger partial charge in [-0.1, -0.05) is 47.6 Å². The lowest BCUT2D eigenvalue weighted by molar-refractivity contribution is -0.112. The lowest BCUT2D eigenvalue weighted by atomic mass is 9.78. The Hall–Kier alpha value is -1.42. The van der Waals surface area contributed by atoms with Crippen molar-refractivity contribution >= 4 is 19.5 Å². The molecule has 1 N–H and O–H groups in total. The molecule has 1 rings (SSSR count). The van der Waals surface area contributed by atoms with E-state index in [1.165, 1.54) is 6.08 Å². The number of carbonyl (C=O) groups excluding carboxylic acids is 1. The van der Waals surface area contributed by atoms with E-state index in [0.29, 0.717) is 5.75 Å². The van der Waals surface area contributed by atoms with Crippen LogP contribution >= 0.6 is 7.60 Å². The normalized spacial score (nSPS) is 13.3. The lowest BCUT2D eigenvalue weighted by Crippen LogP contribution is -2.17. The summed E-state index contributed by atoms with van der Waals surface area (Å²) in [6, 6.07) is 3.78. The van der Waals surface area contributed by atoms with Gasteiger partial charge in [0.15, 0.2) is 5.78 Å². The Kier molecular flexibility index (Phi) is 8.25. The number of phenolic OH excluding ortho intramolecular Hbond substituents is 1. The first-order valence-electron chi connectivity index (χ1n) is 9.70. The van der Waals surface area contributed by atoms with Crippen LogP contribution in [0.2, 0.25) is 0 Å². The number of aromatic hydroxyl groups is 1. The summed E-state index contributed by atoms with van der Waals surface area (Å²) < 4.78 is 22.9. The Morgan fingerprint density at radius 1 is 1.00 bits per heavy atom. The number of benzene rings is 1. The van der Waals surface area contributed by atoms with E-state index in [2.05, 4.69) is 0 Å². The highest BCUT2D eigenvalue weighted by Gasteiger charge is 2.27. The fourth-order valence-corrected chi connectivity index (χ4v) is 4.38. The van der Waals surface area contributed by atoms with Crippen LogP contribution in [0.3, 0.4) is 0 Å². The minimum absolute atomic E-state index is 0.218. The van der Waals surface area contributed by atoms with Crippen LogP contribution in [-0.2, 0) is 29.2 Å². The van der Waals surface area contributed by atoms with E-state index >= 15 is 0 Å². The van der Waals surface area contributed by atoms with Gasteiger partial charge in [0.1, 0.15) is 11.9 Å². The molecule has 0 saturated heterocycles. The second-order valence-electron chi connectivity index (χ2n) is 8.87. The summed E-state index contributed by atoms with van der Waals surface area (Å²) >= 11 is 0. The Balaban J connectivity index is 3.23. The Morgan fingerprint density at radius 2 is 1.43 bits per heavy atom. The van der Waals surface area contributed by atoms with Gasteiger partial charge in [0.25, 0.3) is 0 Å². The maximum absolute atomic E-state index is 12.5. The Bertz CT molecular complexity index is 721. The van der Waals surface area contributed by atoms with E-state index in [1.54, 1.807) is 19.9 Å². The summed E-state index contributed by atoms with van der Waals surface area (Å²) in [6.45, 7) is 16.1. The van der Waals surface area contributed by atoms with Crippen LogP contribution in [0.25, 0.3) is 6.08 Å². The van der Waals surface area contributed by atoms with E-state index in [1.807, 2.05) is 53.7 Å². The number of ketones is 1. The molecule has 0 aliphatic heterocycles. The first kappa shape index (κ1) is 24.6. The number of carbonyl (C=O) groups is 1. The van der Waals surface area contributed by atoms with Gasteiger partial charge < -0.3 is 14.2 Å². The standard InChI is InChI=1S/C22H35O5P/c1-9-26-28(25,27-10-2)15-17(23)12-11-16-13-18(21(3,4)5)20(24)19(14-16)22(6,7)8/h11-14,24H,9-10,15H2,1-8H3/b12-11+. The van der Waals surface area contributed by atoms with E-state index in [4.69, 9.17) is 9.05 Å². The summed E-state index contributed by atoms with van der Waals surface area (Å²) in [6.07, 6.45) is 2.80. The predicted molar refractivity (Wildman–Crippen MR) is 115 cm³/mol. The van der Waals surface area contributed by atoms with Crippen molar-refractivity contribution in [1.29, 1.82) is 0 Å². The van der Waals surface area contributed by atoms with Gasteiger partial charge in [0.05, 0.1) is 13.2 Å². The number of allylic oxidation sites excluding steroid dienone is 1. The van der Waals surface area contributed by atoms with Crippen LogP contribution in [0.4, 0.5) is 0 Å². The molecule has 0 fully saturated rings. The second kappa shape index (κ2) is 9.39. The van der Waals surface area contributed by atoms with E-state index in [0.717, 1.165) is 16.7 Å². The fraction of sp³-hybridized carbons (Fsp3) is 0.591. The van der Waals surface area contributed by atoms with Crippen molar-refractivity contribution in [2.24, 2.45) is 0 Å². The van der Waals surface area contributed by atoms with Gasteiger partial charge in [-0.2, -0.15) is 0 Å². The van der Waals surface area contributed by atoms with Crippen LogP contribution in [0.15, 0.2) is 18.2 Å². The number of hydrogen-bond donors (Lipinski definition) is 1. The molecule has 0 aromatic heterocycles. The third-order valence-corrected chi connectivity index (χ3v) is 6.21. The molecular weight excluding hydrogens is 375 g/mol. The molecule has 0 unspecified atom stereocenters. The zero-order valence-corrected chi connectivity index (χ0v) is 19.4. The highest BCUT2D eigenvalue weighted by molar-refractivity contribution is 7.54. The monoisotopic (exact) mass is 410 g/mol. The summed E-state index contributed by atoms with van der Waals surface area (Å²) in [5.74, 6) is -0.0337. The van der Waals surface area contributed by atoms with Crippen LogP contribution in [0.5, 0.6) is 5.75 Å². The zero-order valence-electron chi connectivity index (χ0n) is 18.5. The van der Waals surface area contributed by atoms with Crippen LogP contribution in [0.1, 0.15) is 72.1 Å². The molecular formula is C22H35O5P. The molecule has 6 heteroatoms. The van der Waals surface area contributed by atoms with Crippen molar-refractivity contribution in [2.45, 2.75) is 66.2 Å². The maximum atomic E-state index is 12.5. The SMILES string of the molecule is CCOP(=O)(CC(=O)/C=C/c1cc(C(C)(C)C)c(O)c(C(C)(C)C)c1)OCC. The van der Waals surface area contributed by atoms with Gasteiger partial charge in [0, 0.05) is 11.1 Å². The van der Waals surface area contributed by atoms with Crippen LogP contribution < -0.4 is 0 Å². The zero-order chi connectivity index (χ0) is 21.8. The van der Waals surface area contributed by atoms with Crippen molar-refractivity contribution in [3.63, 3.8) is 0 Å². The summed E-state index contributed by atoms with van der Waals surface area (Å²) in [7, 11) is -3.42. The van der Waals surface area contributed by atoms with Gasteiger partial charge >= 0.3 is 7.60 Å². The van der Waals surface area contributed by atoms with Gasteiger partial charge in [-0.05, 0) is 48.4 Å². The minimum atomic E-state index is -3.42. The van der Waals surface area contributed by atoms with Crippen molar-refractivity contribution in [1.82, 2.24) is 0 Å². The largest absolute Gasteiger partial charge is 0.507 e. The maximum Gasteiger partial charge on any atom is 0.338 e. The molecule has 0 heterocycles. The molecule has 158 valence electrons. The topological polar surface area (TPSA) is 72.8 Å². The van der Waals surface area contributed by atoms with Crippen molar-refractivity contribution in [2.75, 3.05) is 19.4 Å². The molecule has 28 heavy (non-hydrogen) atoms. The van der Waals surface area contributed by atoms with Crippen molar-refractivity contribution in [3.05, 3.63) is 34.9 Å². The fourth-order valence-electron chi connectivity index (χ4n) is 2.85. The van der Waals surface area contributed by atoms with E-state index in [9.17, 15) is 14.5 Å². The van der Waals surface area contributed by atoms with Crippen LogP contribution in [-0.4, -0.2) is 30.3 Å². The van der Waals surface area contributed by atoms with Crippen molar-refractivity contribution < 1.29 is 23.5 Å². The second-order valence-corrected chi connectivity index (χ2v) is 10.9. The number of rotatable bonds is 8. The molecule has 0 saturated carbocycles. The molecule has 5 nitrogen and oxygen atoms in total. The number of phenols is 1. The number of hydrogen-bond acceptors (Lipinski definition) is 5. The molecule has 0 aliphatic rings. The van der Waals surface area contributed by atoms with Gasteiger partial charge in [-0.25, -0.2) is 0 Å². The summed E-state index contributed by atoms with van der Waals surface area (Å²) in [4.78, 5) is 12.3. The third kappa shape index (κ3) is 6.88. The van der Waals surface area contributed by atoms with Gasteiger partial charge in [-0.15, -0.1) is 0 Å². The lowest BCUT2D eigenvalue weighted by Gasteiger charge is -2.27. The molecule has 0 amide bonds. The van der Waals surface area contributed by atoms with Crippen molar-refractivity contribution in [3.8, 4) is 5.75 Å². The molecule has 0 spiro atoms. The average molecular weight is 410 g/mol. The highest BCUT2D eigenvalue weighted by Crippen LogP contribution is 2.48. The Morgan fingerprint density at radius 3 is 1.79 bits per heavy atom. The molecule has 0 bridgehead atoms. The summed E-state index contributed by atoms with van der Waals surface area (Å²) in [5, 5.41) is 10.8. The molecule has 0 radical (unpaired) electrons. The van der Waals surface area contributed by atoms with E-state index in [-0.39, 0.29) is 36.0 Å². The third-order valence-electron chi connectivity index (χ3n) is 4.21. The quantitative estimate of drug-likeness (QED) is 0.431. The predicted octanol–water partition coefficient (Wildman–Crippen LogP) is 5.84. The summed E-state index contributed by atoms with van der Waals surface area (Å²) in [5.41, 5.74) is 1.95. The molecule has 0 aliphatic carbocycles. The smallest absolute Gasteiger partial charge is 0.338 e. The first-order valence-corrected chi connectivity index (χ1v) is 11.4. The highest BCUT2D eigenvalue weighted by atomic mass is 31.2. The Labute approximate surface area is 169 Å². The van der Waals surface area contributed by atoms with Gasteiger partial charge in [0.2, 0.25) is 0 Å². The molecule has 1 aromatic rings. The minimum Gasteiger partial charge on any atom is -0.507 e. The molecule has 1 aromatic carbocycles. The van der Waals surface area contributed by atoms with Gasteiger partial charge in [-0.3, -0.25) is 9.36 Å². The molecule has 0 atom stereocenters. The van der Waals surface area contributed by atoms with E-state index < -0.39 is 7.60 Å². The first-order chi connectivity index (χ1) is 12.7.